The highest BCUT2D eigenvalue weighted by atomic mass is 19.1. The number of nitrogens with two attached hydrogens (primary N) is 1. The molecule has 1 heterocycles. The van der Waals surface area contributed by atoms with E-state index in [-0.39, 0.29) is 53.4 Å². The fourth-order valence-corrected chi connectivity index (χ4v) is 5.74. The molecule has 0 aromatic heterocycles. The minimum Gasteiger partial charge on any atom is -0.439 e. The van der Waals surface area contributed by atoms with E-state index in [1.54, 1.807) is 33.1 Å². The average Bonchev–Trinajstić information content (AvgIpc) is 3.00. The molecule has 2 amide bonds. The van der Waals surface area contributed by atoms with Crippen molar-refractivity contribution in [3.8, 4) is 0 Å². The monoisotopic (exact) mass is 661 g/mol. The first-order valence-corrected chi connectivity index (χ1v) is 15.8. The summed E-state index contributed by atoms with van der Waals surface area (Å²) >= 11 is 0. The Kier molecular flexibility index (Phi) is 16.2. The first kappa shape index (κ1) is 39.5. The molecule has 0 fully saturated rings. The lowest BCUT2D eigenvalue weighted by Gasteiger charge is -2.33. The van der Waals surface area contributed by atoms with Gasteiger partial charge in [0.1, 0.15) is 12.8 Å². The van der Waals surface area contributed by atoms with Crippen LogP contribution in [0.25, 0.3) is 0 Å². The summed E-state index contributed by atoms with van der Waals surface area (Å²) in [7, 11) is 6.83. The van der Waals surface area contributed by atoms with Crippen LogP contribution in [-0.2, 0) is 28.6 Å². The fraction of sp³-hybridized carbons (Fsp3) is 0.588. The van der Waals surface area contributed by atoms with Crippen molar-refractivity contribution in [2.24, 2.45) is 17.6 Å². The van der Waals surface area contributed by atoms with E-state index in [9.17, 15) is 23.6 Å². The van der Waals surface area contributed by atoms with Crippen molar-refractivity contribution in [3.05, 3.63) is 58.5 Å². The number of allylic oxidation sites excluding steroid dienone is 4. The first-order valence-electron chi connectivity index (χ1n) is 15.8. The Hall–Kier alpha value is -3.65. The maximum Gasteiger partial charge on any atom is 0.405 e. The van der Waals surface area contributed by atoms with Gasteiger partial charge >= 0.3 is 6.09 Å². The number of hydrogen-bond donors (Lipinski definition) is 4. The number of carbonyl (C=O) groups is 4. The van der Waals surface area contributed by atoms with Gasteiger partial charge in [0.05, 0.1) is 17.5 Å². The largest absolute Gasteiger partial charge is 0.439 e. The van der Waals surface area contributed by atoms with Gasteiger partial charge in [-0.3, -0.25) is 14.4 Å². The van der Waals surface area contributed by atoms with Gasteiger partial charge in [-0.1, -0.05) is 38.2 Å². The summed E-state index contributed by atoms with van der Waals surface area (Å²) < 4.78 is 30.5. The van der Waals surface area contributed by atoms with Gasteiger partial charge in [-0.25, -0.2) is 9.18 Å². The van der Waals surface area contributed by atoms with E-state index in [1.807, 2.05) is 38.9 Å². The number of fused-ring (bicyclic) bond motifs is 2. The Morgan fingerprint density at radius 1 is 1.13 bits per heavy atom. The molecule has 0 saturated carbocycles. The summed E-state index contributed by atoms with van der Waals surface area (Å²) in [5, 5.41) is 9.01. The highest BCUT2D eigenvalue weighted by molar-refractivity contribution is 6.23. The van der Waals surface area contributed by atoms with Gasteiger partial charge in [0.2, 0.25) is 11.6 Å². The van der Waals surface area contributed by atoms with Crippen molar-refractivity contribution >= 4 is 23.6 Å². The van der Waals surface area contributed by atoms with Crippen molar-refractivity contribution in [3.63, 3.8) is 0 Å². The topological polar surface area (TPSA) is 161 Å². The number of nitrogens with one attached hydrogen (secondary N) is 3. The lowest BCUT2D eigenvalue weighted by atomic mass is 9.84. The standard InChI is InChI=1S/C34H52FN5O7/c1-20-16-24-30(38-14-15-40(5)6)26(41)19-25(31(24)42)39-33(43)21(2)10-9-11-27(45-7)32(47-34(36)44)23(4)18-22(3)29(37-13-12-35)28(17-20)46-8/h9-11,18-20,22,27-29,32,37-38H,12-17H2,1-8H3,(H2,36,44)(H,39,43)/b11-9-,21-10+,23-18+/t20-,22+,27+,28+,29-,32+/m1/s1. The molecule has 12 nitrogen and oxygen atoms in total. The third-order valence-electron chi connectivity index (χ3n) is 8.18. The SMILES string of the molecule is CO[C@H]1/C=C\C=C(/C)C(=O)NC2=CC(=O)C(NCCN(C)C)=C(C[C@@H](C)C[C@H](OC)[C@H](NCCF)[C@@H](C)/C=C(\C)[C@@H]1OC(N)=O)C2=O. The number of ether oxygens (including phenoxy) is 3. The molecule has 13 heteroatoms. The predicted molar refractivity (Wildman–Crippen MR) is 178 cm³/mol. The van der Waals surface area contributed by atoms with Crippen LogP contribution in [0.3, 0.4) is 0 Å². The van der Waals surface area contributed by atoms with E-state index in [2.05, 4.69) is 16.0 Å². The second kappa shape index (κ2) is 19.2. The van der Waals surface area contributed by atoms with Crippen LogP contribution in [-0.4, -0.2) is 107 Å². The summed E-state index contributed by atoms with van der Waals surface area (Å²) in [6.45, 7) is 7.79. The molecule has 5 N–H and O–H groups in total. The van der Waals surface area contributed by atoms with Gasteiger partial charge < -0.3 is 40.8 Å². The van der Waals surface area contributed by atoms with Crippen molar-refractivity contribution in [2.45, 2.75) is 64.9 Å². The summed E-state index contributed by atoms with van der Waals surface area (Å²) in [6, 6.07) is -0.378. The van der Waals surface area contributed by atoms with E-state index in [4.69, 9.17) is 19.9 Å². The number of nitrogens with zero attached hydrogens (tertiary/aromatic N) is 1. The van der Waals surface area contributed by atoms with E-state index >= 15 is 0 Å². The molecular weight excluding hydrogens is 609 g/mol. The number of alkyl halides is 1. The molecule has 0 unspecified atom stereocenters. The van der Waals surface area contributed by atoms with Crippen LogP contribution < -0.4 is 21.7 Å². The Labute approximate surface area is 277 Å². The fourth-order valence-electron chi connectivity index (χ4n) is 5.74. The Morgan fingerprint density at radius 3 is 2.43 bits per heavy atom. The molecule has 2 rings (SSSR count). The first-order chi connectivity index (χ1) is 22.2. The highest BCUT2D eigenvalue weighted by Crippen LogP contribution is 2.29. The van der Waals surface area contributed by atoms with E-state index in [1.165, 1.54) is 13.2 Å². The zero-order valence-electron chi connectivity index (χ0n) is 28.9. The number of primary amides is 1. The molecule has 1 aliphatic heterocycles. The number of methoxy groups -OCH3 is 2. The van der Waals surface area contributed by atoms with Crippen LogP contribution in [0.15, 0.2) is 58.5 Å². The van der Waals surface area contributed by atoms with Crippen LogP contribution in [0.2, 0.25) is 0 Å². The number of ketones is 2. The molecule has 2 aliphatic rings. The Bertz CT molecular complexity index is 1290. The molecule has 0 aromatic rings. The number of carbonyl (C=O) groups excluding carboxylic acids is 4. The van der Waals surface area contributed by atoms with Gasteiger partial charge in [0.15, 0.2) is 6.10 Å². The third-order valence-corrected chi connectivity index (χ3v) is 8.18. The zero-order valence-corrected chi connectivity index (χ0v) is 28.9. The van der Waals surface area contributed by atoms with Gasteiger partial charge in [-0.05, 0) is 58.2 Å². The summed E-state index contributed by atoms with van der Waals surface area (Å²) in [5.74, 6) is -1.84. The molecule has 0 spiro atoms. The van der Waals surface area contributed by atoms with Crippen molar-refractivity contribution < 1.29 is 37.8 Å². The summed E-state index contributed by atoms with van der Waals surface area (Å²) in [4.78, 5) is 54.1. The summed E-state index contributed by atoms with van der Waals surface area (Å²) in [6.07, 6.45) is 5.31. The Balaban J connectivity index is 2.68. The normalized spacial score (nSPS) is 29.7. The number of likely N-dealkylation sites (N-methyl/N-ethyl adjacent to an activating group) is 1. The van der Waals surface area contributed by atoms with Crippen molar-refractivity contribution in [1.82, 2.24) is 20.9 Å². The van der Waals surface area contributed by atoms with Crippen LogP contribution in [0.5, 0.6) is 0 Å². The second-order valence-electron chi connectivity index (χ2n) is 12.3. The smallest absolute Gasteiger partial charge is 0.405 e. The van der Waals surface area contributed by atoms with E-state index < -0.39 is 48.6 Å². The van der Waals surface area contributed by atoms with Crippen LogP contribution in [0.4, 0.5) is 9.18 Å². The van der Waals surface area contributed by atoms with Gasteiger partial charge in [-0.2, -0.15) is 0 Å². The van der Waals surface area contributed by atoms with Gasteiger partial charge in [0, 0.05) is 57.1 Å². The molecular formula is C34H52FN5O7. The lowest BCUT2D eigenvalue weighted by Crippen LogP contribution is -2.47. The van der Waals surface area contributed by atoms with Gasteiger partial charge in [-0.15, -0.1) is 0 Å². The summed E-state index contributed by atoms with van der Waals surface area (Å²) in [5.41, 5.74) is 6.68. The van der Waals surface area contributed by atoms with Gasteiger partial charge in [0.25, 0.3) is 5.91 Å². The molecule has 262 valence electrons. The van der Waals surface area contributed by atoms with E-state index in [0.29, 0.717) is 25.1 Å². The third kappa shape index (κ3) is 11.8. The van der Waals surface area contributed by atoms with Crippen LogP contribution in [0, 0.1) is 11.8 Å². The molecule has 0 radical (unpaired) electrons. The number of Topliss-reactive ketones (excluding diaryl/α,β-unsaturated/α-hetero) is 1. The molecule has 6 atom stereocenters. The molecule has 0 aromatic carbocycles. The number of amides is 2. The minimum atomic E-state index is -0.991. The predicted octanol–water partition coefficient (Wildman–Crippen LogP) is 2.48. The van der Waals surface area contributed by atoms with E-state index in [0.717, 1.165) is 6.08 Å². The highest BCUT2D eigenvalue weighted by Gasteiger charge is 2.34. The number of halogens is 1. The average molecular weight is 662 g/mol. The van der Waals surface area contributed by atoms with Crippen LogP contribution >= 0.6 is 0 Å². The number of hydrogen-bond acceptors (Lipinski definition) is 10. The maximum absolute atomic E-state index is 13.8. The van der Waals surface area contributed by atoms with Crippen LogP contribution in [0.1, 0.15) is 40.5 Å². The molecule has 47 heavy (non-hydrogen) atoms. The van der Waals surface area contributed by atoms with Crippen molar-refractivity contribution in [1.29, 1.82) is 0 Å². The molecule has 2 bridgehead atoms. The minimum absolute atomic E-state index is 0.0818. The second-order valence-corrected chi connectivity index (χ2v) is 12.3. The Morgan fingerprint density at radius 2 is 1.83 bits per heavy atom. The maximum atomic E-state index is 13.8. The molecule has 0 saturated heterocycles. The molecule has 1 aliphatic carbocycles. The lowest BCUT2D eigenvalue weighted by molar-refractivity contribution is -0.120. The quantitative estimate of drug-likeness (QED) is 0.202. The van der Waals surface area contributed by atoms with Crippen molar-refractivity contribution in [2.75, 3.05) is 54.6 Å². The zero-order chi connectivity index (χ0) is 35.3. The number of rotatable bonds is 10.